The van der Waals surface area contributed by atoms with Crippen molar-refractivity contribution in [3.05, 3.63) is 23.8 Å². The minimum absolute atomic E-state index is 0.0675. The van der Waals surface area contributed by atoms with E-state index in [4.69, 9.17) is 10.5 Å². The van der Waals surface area contributed by atoms with Crippen LogP contribution in [0.2, 0.25) is 0 Å². The number of nitrogens with zero attached hydrogens (tertiary/aromatic N) is 1. The van der Waals surface area contributed by atoms with Gasteiger partial charge in [0.2, 0.25) is 0 Å². The number of nitrogen functional groups attached to an aromatic ring is 1. The first-order chi connectivity index (χ1) is 9.54. The molecule has 1 aromatic rings. The highest BCUT2D eigenvalue weighted by Gasteiger charge is 2.41. The van der Waals surface area contributed by atoms with Crippen molar-refractivity contribution < 1.29 is 9.53 Å². The lowest BCUT2D eigenvalue weighted by molar-refractivity contribution is 0.0841. The molecule has 5 heteroatoms. The summed E-state index contributed by atoms with van der Waals surface area (Å²) in [7, 11) is 3.84. The van der Waals surface area contributed by atoms with E-state index in [1.165, 1.54) is 0 Å². The van der Waals surface area contributed by atoms with Gasteiger partial charge in [0.1, 0.15) is 0 Å². The van der Waals surface area contributed by atoms with Crippen LogP contribution in [0.25, 0.3) is 0 Å². The lowest BCUT2D eigenvalue weighted by Gasteiger charge is -2.22. The number of benzene rings is 1. The first-order valence-corrected chi connectivity index (χ1v) is 7.08. The third-order valence-electron chi connectivity index (χ3n) is 4.17. The highest BCUT2D eigenvalue weighted by molar-refractivity contribution is 6.00. The summed E-state index contributed by atoms with van der Waals surface area (Å²) in [4.78, 5) is 14.4. The van der Waals surface area contributed by atoms with Crippen LogP contribution < -0.4 is 16.0 Å². The maximum Gasteiger partial charge on any atom is 0.253 e. The largest absolute Gasteiger partial charge is 0.399 e. The number of ether oxygens (including phenoxy) is 1. The number of fused-ring (bicyclic) bond motifs is 2. The van der Waals surface area contributed by atoms with Crippen molar-refractivity contribution in [2.75, 3.05) is 24.7 Å². The molecule has 2 aliphatic heterocycles. The van der Waals surface area contributed by atoms with E-state index >= 15 is 0 Å². The van der Waals surface area contributed by atoms with Gasteiger partial charge in [0.25, 0.3) is 5.91 Å². The van der Waals surface area contributed by atoms with Crippen LogP contribution in [0.5, 0.6) is 0 Å². The fourth-order valence-electron chi connectivity index (χ4n) is 3.16. The summed E-state index contributed by atoms with van der Waals surface area (Å²) in [5.41, 5.74) is 7.91. The number of carbonyl (C=O) groups excluding carboxylic acids is 1. The first kappa shape index (κ1) is 13.2. The minimum atomic E-state index is -0.0675. The van der Waals surface area contributed by atoms with Crippen molar-refractivity contribution in [1.29, 1.82) is 0 Å². The SMILES string of the molecule is CN(C)c1ccc(N)cc1C(=O)NC1CC2CCC1O2. The van der Waals surface area contributed by atoms with Gasteiger partial charge < -0.3 is 20.7 Å². The summed E-state index contributed by atoms with van der Waals surface area (Å²) in [6.07, 6.45) is 3.62. The molecule has 0 aliphatic carbocycles. The van der Waals surface area contributed by atoms with Crippen LogP contribution in [0.4, 0.5) is 11.4 Å². The van der Waals surface area contributed by atoms with Crippen molar-refractivity contribution in [2.24, 2.45) is 0 Å². The standard InChI is InChI=1S/C15H21N3O2/c1-18(2)13-5-3-9(16)7-11(13)15(19)17-12-8-10-4-6-14(12)20-10/h3,5,7,10,12,14H,4,6,8,16H2,1-2H3,(H,17,19). The molecule has 3 N–H and O–H groups in total. The van der Waals surface area contributed by atoms with E-state index in [1.54, 1.807) is 6.07 Å². The molecule has 5 nitrogen and oxygen atoms in total. The Labute approximate surface area is 119 Å². The Hall–Kier alpha value is -1.75. The maximum absolute atomic E-state index is 12.5. The van der Waals surface area contributed by atoms with Crippen molar-refractivity contribution in [1.82, 2.24) is 5.32 Å². The van der Waals surface area contributed by atoms with Gasteiger partial charge in [-0.3, -0.25) is 4.79 Å². The van der Waals surface area contributed by atoms with Crippen LogP contribution in [0.15, 0.2) is 18.2 Å². The van der Waals surface area contributed by atoms with Gasteiger partial charge in [-0.05, 0) is 37.5 Å². The second-order valence-electron chi connectivity index (χ2n) is 5.86. The summed E-state index contributed by atoms with van der Waals surface area (Å²) >= 11 is 0. The molecule has 0 radical (unpaired) electrons. The smallest absolute Gasteiger partial charge is 0.253 e. The van der Waals surface area contributed by atoms with Crippen molar-refractivity contribution in [3.63, 3.8) is 0 Å². The fourth-order valence-corrected chi connectivity index (χ4v) is 3.16. The molecule has 1 aromatic carbocycles. The molecule has 2 heterocycles. The van der Waals surface area contributed by atoms with Crippen LogP contribution in [-0.2, 0) is 4.74 Å². The topological polar surface area (TPSA) is 67.6 Å². The van der Waals surface area contributed by atoms with Gasteiger partial charge in [0.15, 0.2) is 0 Å². The van der Waals surface area contributed by atoms with E-state index in [2.05, 4.69) is 5.32 Å². The number of nitrogens with one attached hydrogen (secondary N) is 1. The minimum Gasteiger partial charge on any atom is -0.399 e. The molecule has 108 valence electrons. The number of hydrogen-bond donors (Lipinski definition) is 2. The number of amides is 1. The van der Waals surface area contributed by atoms with Gasteiger partial charge in [-0.1, -0.05) is 0 Å². The van der Waals surface area contributed by atoms with Crippen LogP contribution in [0.3, 0.4) is 0 Å². The monoisotopic (exact) mass is 275 g/mol. The van der Waals surface area contributed by atoms with Crippen LogP contribution in [-0.4, -0.2) is 38.3 Å². The molecule has 0 saturated carbocycles. The molecule has 2 saturated heterocycles. The summed E-state index contributed by atoms with van der Waals surface area (Å²) in [6, 6.07) is 5.56. The van der Waals surface area contributed by atoms with Crippen LogP contribution >= 0.6 is 0 Å². The summed E-state index contributed by atoms with van der Waals surface area (Å²) in [5, 5.41) is 3.10. The van der Waals surface area contributed by atoms with E-state index in [9.17, 15) is 4.79 Å². The van der Waals surface area contributed by atoms with Gasteiger partial charge in [-0.15, -0.1) is 0 Å². The number of carbonyl (C=O) groups is 1. The van der Waals surface area contributed by atoms with E-state index in [0.717, 1.165) is 24.9 Å². The van der Waals surface area contributed by atoms with Gasteiger partial charge in [0, 0.05) is 25.5 Å². The fraction of sp³-hybridized carbons (Fsp3) is 0.533. The molecule has 2 aliphatic rings. The zero-order chi connectivity index (χ0) is 14.3. The molecule has 2 fully saturated rings. The highest BCUT2D eigenvalue weighted by Crippen LogP contribution is 2.34. The summed E-state index contributed by atoms with van der Waals surface area (Å²) in [6.45, 7) is 0. The van der Waals surface area contributed by atoms with Gasteiger partial charge in [-0.2, -0.15) is 0 Å². The number of nitrogens with two attached hydrogens (primary N) is 1. The Morgan fingerprint density at radius 3 is 2.80 bits per heavy atom. The van der Waals surface area contributed by atoms with Crippen molar-refractivity contribution in [3.8, 4) is 0 Å². The van der Waals surface area contributed by atoms with E-state index < -0.39 is 0 Å². The van der Waals surface area contributed by atoms with Crippen molar-refractivity contribution in [2.45, 2.75) is 37.5 Å². The predicted octanol–water partition coefficient (Wildman–Crippen LogP) is 1.38. The summed E-state index contributed by atoms with van der Waals surface area (Å²) in [5.74, 6) is -0.0675. The number of anilines is 2. The van der Waals surface area contributed by atoms with E-state index in [1.807, 2.05) is 31.1 Å². The molecular formula is C15H21N3O2. The second kappa shape index (κ2) is 4.98. The van der Waals surface area contributed by atoms with Crippen LogP contribution in [0, 0.1) is 0 Å². The number of hydrogen-bond acceptors (Lipinski definition) is 4. The Kier molecular flexibility index (Phi) is 3.30. The normalized spacial score (nSPS) is 27.6. The average molecular weight is 275 g/mol. The zero-order valence-electron chi connectivity index (χ0n) is 11.9. The molecule has 3 unspecified atom stereocenters. The molecule has 2 bridgehead atoms. The Morgan fingerprint density at radius 1 is 1.40 bits per heavy atom. The Bertz CT molecular complexity index is 530. The molecule has 1 amide bonds. The first-order valence-electron chi connectivity index (χ1n) is 7.08. The maximum atomic E-state index is 12.5. The van der Waals surface area contributed by atoms with E-state index in [0.29, 0.717) is 17.4 Å². The molecule has 3 atom stereocenters. The predicted molar refractivity (Wildman–Crippen MR) is 78.9 cm³/mol. The van der Waals surface area contributed by atoms with Crippen LogP contribution in [0.1, 0.15) is 29.6 Å². The quantitative estimate of drug-likeness (QED) is 0.818. The third kappa shape index (κ3) is 2.33. The van der Waals surface area contributed by atoms with E-state index in [-0.39, 0.29) is 18.1 Å². The molecular weight excluding hydrogens is 254 g/mol. The zero-order valence-corrected chi connectivity index (χ0v) is 11.9. The van der Waals surface area contributed by atoms with Gasteiger partial charge in [0.05, 0.1) is 23.8 Å². The summed E-state index contributed by atoms with van der Waals surface area (Å²) < 4.78 is 5.77. The molecule has 20 heavy (non-hydrogen) atoms. The third-order valence-corrected chi connectivity index (χ3v) is 4.17. The van der Waals surface area contributed by atoms with Gasteiger partial charge in [-0.25, -0.2) is 0 Å². The Balaban J connectivity index is 1.78. The molecule has 0 spiro atoms. The Morgan fingerprint density at radius 2 is 2.20 bits per heavy atom. The average Bonchev–Trinajstić information content (AvgIpc) is 3.00. The van der Waals surface area contributed by atoms with Crippen molar-refractivity contribution >= 4 is 17.3 Å². The highest BCUT2D eigenvalue weighted by atomic mass is 16.5. The lowest BCUT2D eigenvalue weighted by Crippen LogP contribution is -2.41. The second-order valence-corrected chi connectivity index (χ2v) is 5.86. The lowest BCUT2D eigenvalue weighted by atomic mass is 9.95. The number of rotatable bonds is 3. The van der Waals surface area contributed by atoms with Gasteiger partial charge >= 0.3 is 0 Å². The molecule has 3 rings (SSSR count). The molecule has 0 aromatic heterocycles.